The molecule has 0 saturated heterocycles. The van der Waals surface area contributed by atoms with Gasteiger partial charge in [-0.2, -0.15) is 0 Å². The molecule has 1 nitrogen and oxygen atoms in total. The summed E-state index contributed by atoms with van der Waals surface area (Å²) < 4.78 is 0. The van der Waals surface area contributed by atoms with Gasteiger partial charge in [-0.3, -0.25) is 4.99 Å². The molecular weight excluding hydrogens is 218 g/mol. The maximum atomic E-state index is 5.01. The molecule has 2 rings (SSSR count). The smallest absolute Gasteiger partial charge is 0.0720 e. The van der Waals surface area contributed by atoms with Crippen LogP contribution in [0, 0.1) is 5.92 Å². The van der Waals surface area contributed by atoms with Crippen molar-refractivity contribution >= 4 is 5.71 Å². The van der Waals surface area contributed by atoms with E-state index in [1.807, 2.05) is 0 Å². The normalized spacial score (nSPS) is 25.4. The minimum Gasteiger partial charge on any atom is -0.286 e. The summed E-state index contributed by atoms with van der Waals surface area (Å²) in [5.74, 6) is 0.677. The zero-order valence-electron chi connectivity index (χ0n) is 11.7. The second-order valence-corrected chi connectivity index (χ2v) is 5.56. The first-order chi connectivity index (χ1) is 8.77. The Morgan fingerprint density at radius 3 is 2.56 bits per heavy atom. The Hall–Kier alpha value is -1.11. The quantitative estimate of drug-likeness (QED) is 0.678. The number of rotatable bonds is 2. The van der Waals surface area contributed by atoms with Crippen LogP contribution in [0.2, 0.25) is 0 Å². The molecule has 0 radical (unpaired) electrons. The highest BCUT2D eigenvalue weighted by molar-refractivity contribution is 5.86. The fourth-order valence-corrected chi connectivity index (χ4v) is 2.77. The van der Waals surface area contributed by atoms with Gasteiger partial charge < -0.3 is 0 Å². The molecule has 1 fully saturated rings. The van der Waals surface area contributed by atoms with Gasteiger partial charge in [-0.05, 0) is 37.7 Å². The fraction of sp³-hybridized carbons (Fsp3) is 0.588. The van der Waals surface area contributed by atoms with Gasteiger partial charge in [0.05, 0.1) is 6.04 Å². The predicted octanol–water partition coefficient (Wildman–Crippen LogP) is 5.18. The van der Waals surface area contributed by atoms with Gasteiger partial charge in [0.2, 0.25) is 0 Å². The molecule has 2 atom stereocenters. The summed E-state index contributed by atoms with van der Waals surface area (Å²) in [6.07, 6.45) is 8.01. The van der Waals surface area contributed by atoms with Crippen LogP contribution in [0.5, 0.6) is 0 Å². The molecule has 0 bridgehead atoms. The van der Waals surface area contributed by atoms with Crippen LogP contribution in [0.4, 0.5) is 0 Å². The maximum absolute atomic E-state index is 5.01. The zero-order chi connectivity index (χ0) is 12.8. The van der Waals surface area contributed by atoms with Crippen molar-refractivity contribution in [2.24, 2.45) is 10.9 Å². The van der Waals surface area contributed by atoms with Crippen LogP contribution in [-0.2, 0) is 0 Å². The van der Waals surface area contributed by atoms with E-state index < -0.39 is 0 Å². The average molecular weight is 243 g/mol. The Morgan fingerprint density at radius 2 is 1.78 bits per heavy atom. The minimum absolute atomic E-state index is 0.308. The van der Waals surface area contributed by atoms with Crippen molar-refractivity contribution in [1.82, 2.24) is 0 Å². The Kier molecular flexibility index (Phi) is 4.98. The summed E-state index contributed by atoms with van der Waals surface area (Å²) in [7, 11) is 0. The van der Waals surface area contributed by atoms with Gasteiger partial charge in [-0.25, -0.2) is 0 Å². The predicted molar refractivity (Wildman–Crippen MR) is 79.2 cm³/mol. The summed E-state index contributed by atoms with van der Waals surface area (Å²) in [5, 5.41) is 0. The number of benzene rings is 1. The molecule has 0 aromatic heterocycles. The van der Waals surface area contributed by atoms with Crippen LogP contribution < -0.4 is 0 Å². The van der Waals surface area contributed by atoms with Crippen molar-refractivity contribution in [2.75, 3.05) is 0 Å². The highest BCUT2D eigenvalue weighted by Gasteiger charge is 2.14. The molecule has 0 spiro atoms. The first kappa shape index (κ1) is 13.3. The molecule has 1 aromatic rings. The van der Waals surface area contributed by atoms with Gasteiger partial charge in [0, 0.05) is 5.71 Å². The molecule has 1 saturated carbocycles. The van der Waals surface area contributed by atoms with E-state index in [-0.39, 0.29) is 0 Å². The van der Waals surface area contributed by atoms with Gasteiger partial charge in [0.15, 0.2) is 0 Å². The van der Waals surface area contributed by atoms with Gasteiger partial charge in [-0.1, -0.05) is 56.5 Å². The van der Waals surface area contributed by atoms with Crippen LogP contribution in [0.3, 0.4) is 0 Å². The van der Waals surface area contributed by atoms with Crippen LogP contribution in [-0.4, -0.2) is 5.71 Å². The summed E-state index contributed by atoms with van der Waals surface area (Å²) in [5.41, 5.74) is 2.78. The van der Waals surface area contributed by atoms with E-state index in [0.717, 1.165) is 0 Å². The second-order valence-electron chi connectivity index (χ2n) is 5.56. The Labute approximate surface area is 111 Å². The number of hydrogen-bond acceptors (Lipinski definition) is 1. The Balaban J connectivity index is 2.09. The summed E-state index contributed by atoms with van der Waals surface area (Å²) in [4.78, 5) is 5.01. The lowest BCUT2D eigenvalue weighted by molar-refractivity contribution is 0.536. The van der Waals surface area contributed by atoms with Crippen LogP contribution in [0.25, 0.3) is 0 Å². The van der Waals surface area contributed by atoms with Crippen molar-refractivity contribution < 1.29 is 0 Å². The first-order valence-corrected chi connectivity index (χ1v) is 7.39. The van der Waals surface area contributed by atoms with E-state index in [4.69, 9.17) is 4.99 Å². The SMILES string of the molecule is CC1CCCCCCC1=N[C@@H](C)c1ccccc1. The van der Waals surface area contributed by atoms with E-state index in [0.29, 0.717) is 12.0 Å². The van der Waals surface area contributed by atoms with Gasteiger partial charge in [0.25, 0.3) is 0 Å². The highest BCUT2D eigenvalue weighted by Crippen LogP contribution is 2.24. The standard InChI is InChI=1S/C17H25N/c1-14-10-6-3-4-9-13-17(14)18-15(2)16-11-7-5-8-12-16/h5,7-8,11-12,14-15H,3-4,6,9-10,13H2,1-2H3/t14?,15-/m0/s1. The topological polar surface area (TPSA) is 12.4 Å². The first-order valence-electron chi connectivity index (χ1n) is 7.39. The van der Waals surface area contributed by atoms with Crippen molar-refractivity contribution in [3.05, 3.63) is 35.9 Å². The molecule has 0 heterocycles. The number of nitrogens with zero attached hydrogens (tertiary/aromatic N) is 1. The van der Waals surface area contributed by atoms with Crippen LogP contribution >= 0.6 is 0 Å². The lowest BCUT2D eigenvalue weighted by Gasteiger charge is -2.20. The van der Waals surface area contributed by atoms with E-state index >= 15 is 0 Å². The average Bonchev–Trinajstić information content (AvgIpc) is 2.39. The third-order valence-corrected chi connectivity index (χ3v) is 4.03. The summed E-state index contributed by atoms with van der Waals surface area (Å²) >= 11 is 0. The molecule has 0 N–H and O–H groups in total. The zero-order valence-corrected chi connectivity index (χ0v) is 11.7. The molecule has 1 aliphatic rings. The molecule has 1 aliphatic carbocycles. The maximum Gasteiger partial charge on any atom is 0.0720 e. The monoisotopic (exact) mass is 243 g/mol. The molecule has 1 aromatic carbocycles. The second kappa shape index (κ2) is 6.72. The summed E-state index contributed by atoms with van der Waals surface area (Å²) in [6.45, 7) is 4.57. The van der Waals surface area contributed by atoms with E-state index in [9.17, 15) is 0 Å². The Morgan fingerprint density at radius 1 is 1.06 bits per heavy atom. The minimum atomic E-state index is 0.308. The van der Waals surface area contributed by atoms with E-state index in [1.54, 1.807) is 0 Å². The Bertz CT molecular complexity index is 380. The third kappa shape index (κ3) is 3.69. The molecule has 98 valence electrons. The van der Waals surface area contributed by atoms with Crippen molar-refractivity contribution in [1.29, 1.82) is 0 Å². The lowest BCUT2D eigenvalue weighted by Crippen LogP contribution is -2.14. The fourth-order valence-electron chi connectivity index (χ4n) is 2.77. The molecular formula is C17H25N. The van der Waals surface area contributed by atoms with Gasteiger partial charge in [0.1, 0.15) is 0 Å². The molecule has 1 heteroatoms. The number of aliphatic imine (C=N–C) groups is 1. The summed E-state index contributed by atoms with van der Waals surface area (Å²) in [6, 6.07) is 11.0. The van der Waals surface area contributed by atoms with Crippen LogP contribution in [0.1, 0.15) is 64.0 Å². The molecule has 0 aliphatic heterocycles. The largest absolute Gasteiger partial charge is 0.286 e. The molecule has 1 unspecified atom stereocenters. The third-order valence-electron chi connectivity index (χ3n) is 4.03. The van der Waals surface area contributed by atoms with Crippen LogP contribution in [0.15, 0.2) is 35.3 Å². The van der Waals surface area contributed by atoms with E-state index in [1.165, 1.54) is 49.8 Å². The van der Waals surface area contributed by atoms with Crippen molar-refractivity contribution in [2.45, 2.75) is 58.4 Å². The van der Waals surface area contributed by atoms with Crippen molar-refractivity contribution in [3.8, 4) is 0 Å². The molecule has 0 amide bonds. The molecule has 18 heavy (non-hydrogen) atoms. The van der Waals surface area contributed by atoms with Gasteiger partial charge >= 0.3 is 0 Å². The van der Waals surface area contributed by atoms with E-state index in [2.05, 4.69) is 44.2 Å². The lowest BCUT2D eigenvalue weighted by atomic mass is 9.90. The highest BCUT2D eigenvalue weighted by atomic mass is 14.8. The van der Waals surface area contributed by atoms with Gasteiger partial charge in [-0.15, -0.1) is 0 Å². The number of hydrogen-bond donors (Lipinski definition) is 0. The van der Waals surface area contributed by atoms with Crippen molar-refractivity contribution in [3.63, 3.8) is 0 Å².